The maximum Gasteiger partial charge on any atom is 0.271 e. The molecule has 20 heavy (non-hydrogen) atoms. The molecule has 2 fully saturated rings. The van der Waals surface area contributed by atoms with Crippen molar-refractivity contribution in [2.24, 2.45) is 5.92 Å². The van der Waals surface area contributed by atoms with Crippen LogP contribution in [0.3, 0.4) is 0 Å². The number of hydrogen-bond acceptors (Lipinski definition) is 5. The van der Waals surface area contributed by atoms with Crippen LogP contribution in [0.15, 0.2) is 5.38 Å². The number of amides is 2. The van der Waals surface area contributed by atoms with Gasteiger partial charge < -0.3 is 16.0 Å². The van der Waals surface area contributed by atoms with E-state index in [1.807, 2.05) is 4.90 Å². The second kappa shape index (κ2) is 5.40. The van der Waals surface area contributed by atoms with Crippen LogP contribution in [-0.4, -0.2) is 40.8 Å². The zero-order chi connectivity index (χ0) is 14.1. The maximum absolute atomic E-state index is 12.0. The van der Waals surface area contributed by atoms with E-state index in [-0.39, 0.29) is 17.9 Å². The quantitative estimate of drug-likeness (QED) is 0.865. The molecule has 0 radical (unpaired) electrons. The summed E-state index contributed by atoms with van der Waals surface area (Å²) < 4.78 is 0. The van der Waals surface area contributed by atoms with E-state index in [4.69, 9.17) is 5.73 Å². The highest BCUT2D eigenvalue weighted by atomic mass is 32.1. The monoisotopic (exact) mass is 294 g/mol. The van der Waals surface area contributed by atoms with Gasteiger partial charge in [-0.15, -0.1) is 11.3 Å². The van der Waals surface area contributed by atoms with Gasteiger partial charge in [0.25, 0.3) is 5.91 Å². The Kier molecular flexibility index (Phi) is 3.60. The number of anilines is 1. The molecule has 0 unspecified atom stereocenters. The standard InChI is InChI=1S/C13H18N4O2S/c14-13-16-10(7-20-13)11(18)15-9-3-5-17(6-4-9)12(19)8-1-2-8/h7-9H,1-6H2,(H2,14,16)(H,15,18). The van der Waals surface area contributed by atoms with Gasteiger partial charge in [0, 0.05) is 30.4 Å². The van der Waals surface area contributed by atoms with Gasteiger partial charge in [0.05, 0.1) is 0 Å². The van der Waals surface area contributed by atoms with Gasteiger partial charge in [-0.3, -0.25) is 9.59 Å². The van der Waals surface area contributed by atoms with E-state index < -0.39 is 0 Å². The minimum absolute atomic E-state index is 0.119. The maximum atomic E-state index is 12.0. The van der Waals surface area contributed by atoms with Crippen molar-refractivity contribution in [1.29, 1.82) is 0 Å². The number of carbonyl (C=O) groups is 2. The summed E-state index contributed by atoms with van der Waals surface area (Å²) in [6.45, 7) is 1.47. The van der Waals surface area contributed by atoms with E-state index in [0.717, 1.165) is 38.8 Å². The highest BCUT2D eigenvalue weighted by Crippen LogP contribution is 2.31. The Morgan fingerprint density at radius 2 is 2.00 bits per heavy atom. The van der Waals surface area contributed by atoms with Crippen molar-refractivity contribution in [1.82, 2.24) is 15.2 Å². The fourth-order valence-electron chi connectivity index (χ4n) is 2.48. The van der Waals surface area contributed by atoms with Crippen LogP contribution in [0.1, 0.15) is 36.2 Å². The molecule has 7 heteroatoms. The molecule has 3 rings (SSSR count). The Hall–Kier alpha value is -1.63. The van der Waals surface area contributed by atoms with Crippen LogP contribution in [0.4, 0.5) is 5.13 Å². The largest absolute Gasteiger partial charge is 0.375 e. The lowest BCUT2D eigenvalue weighted by atomic mass is 10.0. The first-order chi connectivity index (χ1) is 9.63. The first kappa shape index (κ1) is 13.4. The van der Waals surface area contributed by atoms with Gasteiger partial charge in [-0.05, 0) is 25.7 Å². The van der Waals surface area contributed by atoms with Crippen LogP contribution in [0.2, 0.25) is 0 Å². The number of nitrogens with one attached hydrogen (secondary N) is 1. The molecular weight excluding hydrogens is 276 g/mol. The lowest BCUT2D eigenvalue weighted by Gasteiger charge is -2.32. The van der Waals surface area contributed by atoms with Gasteiger partial charge in [0.15, 0.2) is 5.13 Å². The fraction of sp³-hybridized carbons (Fsp3) is 0.615. The topological polar surface area (TPSA) is 88.3 Å². The summed E-state index contributed by atoms with van der Waals surface area (Å²) in [6.07, 6.45) is 3.70. The predicted octanol–water partition coefficient (Wildman–Crippen LogP) is 0.856. The van der Waals surface area contributed by atoms with E-state index >= 15 is 0 Å². The molecule has 1 aliphatic carbocycles. The minimum Gasteiger partial charge on any atom is -0.375 e. The zero-order valence-electron chi connectivity index (χ0n) is 11.2. The summed E-state index contributed by atoms with van der Waals surface area (Å²) >= 11 is 1.26. The van der Waals surface area contributed by atoms with Crippen molar-refractivity contribution < 1.29 is 9.59 Å². The number of hydrogen-bond donors (Lipinski definition) is 2. The second-order valence-electron chi connectivity index (χ2n) is 5.42. The van der Waals surface area contributed by atoms with Crippen LogP contribution in [-0.2, 0) is 4.79 Å². The Morgan fingerprint density at radius 3 is 2.55 bits per heavy atom. The third-order valence-electron chi connectivity index (χ3n) is 3.82. The van der Waals surface area contributed by atoms with E-state index in [9.17, 15) is 9.59 Å². The summed E-state index contributed by atoms with van der Waals surface area (Å²) in [4.78, 5) is 29.8. The number of nitrogens with two attached hydrogens (primary N) is 1. The number of thiazole rings is 1. The molecule has 1 aromatic heterocycles. The first-order valence-corrected chi connectivity index (χ1v) is 7.82. The van der Waals surface area contributed by atoms with Crippen LogP contribution in [0, 0.1) is 5.92 Å². The summed E-state index contributed by atoms with van der Waals surface area (Å²) in [5, 5.41) is 5.03. The van der Waals surface area contributed by atoms with Crippen molar-refractivity contribution in [2.75, 3.05) is 18.8 Å². The molecule has 1 saturated carbocycles. The molecule has 0 spiro atoms. The number of nitrogen functional groups attached to an aromatic ring is 1. The molecular formula is C13H18N4O2S. The number of carbonyl (C=O) groups excluding carboxylic acids is 2. The van der Waals surface area contributed by atoms with E-state index in [1.165, 1.54) is 11.3 Å². The first-order valence-electron chi connectivity index (χ1n) is 6.94. The van der Waals surface area contributed by atoms with Crippen molar-refractivity contribution in [2.45, 2.75) is 31.7 Å². The van der Waals surface area contributed by atoms with Crippen LogP contribution in [0.5, 0.6) is 0 Å². The molecule has 2 aliphatic rings. The van der Waals surface area contributed by atoms with Gasteiger partial charge in [-0.1, -0.05) is 0 Å². The third-order valence-corrected chi connectivity index (χ3v) is 4.50. The number of piperidine rings is 1. The van der Waals surface area contributed by atoms with Gasteiger partial charge in [0.1, 0.15) is 5.69 Å². The average molecular weight is 294 g/mol. The van der Waals surface area contributed by atoms with Crippen molar-refractivity contribution >= 4 is 28.3 Å². The number of rotatable bonds is 3. The van der Waals surface area contributed by atoms with Gasteiger partial charge >= 0.3 is 0 Å². The fourth-order valence-corrected chi connectivity index (χ4v) is 3.03. The number of aromatic nitrogens is 1. The van der Waals surface area contributed by atoms with Crippen LogP contribution in [0.25, 0.3) is 0 Å². The SMILES string of the molecule is Nc1nc(C(=O)NC2CCN(C(=O)C3CC3)CC2)cs1. The van der Waals surface area contributed by atoms with Gasteiger partial charge in [-0.25, -0.2) is 4.98 Å². The van der Waals surface area contributed by atoms with Crippen LogP contribution < -0.4 is 11.1 Å². The molecule has 3 N–H and O–H groups in total. The molecule has 1 aliphatic heterocycles. The Balaban J connectivity index is 1.48. The van der Waals surface area contributed by atoms with E-state index in [1.54, 1.807) is 5.38 Å². The molecule has 0 bridgehead atoms. The summed E-state index contributed by atoms with van der Waals surface area (Å²) in [7, 11) is 0. The van der Waals surface area contributed by atoms with Crippen LogP contribution >= 0.6 is 11.3 Å². The van der Waals surface area contributed by atoms with E-state index in [0.29, 0.717) is 16.7 Å². The Labute approximate surface area is 121 Å². The molecule has 0 aromatic carbocycles. The molecule has 108 valence electrons. The molecule has 0 atom stereocenters. The molecule has 2 heterocycles. The predicted molar refractivity (Wildman–Crippen MR) is 76.3 cm³/mol. The normalized spacial score (nSPS) is 19.9. The Bertz CT molecular complexity index is 518. The van der Waals surface area contributed by atoms with Crippen molar-refractivity contribution in [3.63, 3.8) is 0 Å². The molecule has 1 aromatic rings. The smallest absolute Gasteiger partial charge is 0.271 e. The average Bonchev–Trinajstić information content (AvgIpc) is 3.20. The number of likely N-dealkylation sites (tertiary alicyclic amines) is 1. The highest BCUT2D eigenvalue weighted by molar-refractivity contribution is 7.13. The lowest BCUT2D eigenvalue weighted by molar-refractivity contribution is -0.133. The zero-order valence-corrected chi connectivity index (χ0v) is 12.0. The third kappa shape index (κ3) is 2.92. The molecule has 1 saturated heterocycles. The second-order valence-corrected chi connectivity index (χ2v) is 6.31. The van der Waals surface area contributed by atoms with Crippen molar-refractivity contribution in [3.8, 4) is 0 Å². The molecule has 2 amide bonds. The highest BCUT2D eigenvalue weighted by Gasteiger charge is 2.35. The molecule has 6 nitrogen and oxygen atoms in total. The van der Waals surface area contributed by atoms with E-state index in [2.05, 4.69) is 10.3 Å². The lowest BCUT2D eigenvalue weighted by Crippen LogP contribution is -2.47. The van der Waals surface area contributed by atoms with Gasteiger partial charge in [-0.2, -0.15) is 0 Å². The number of nitrogens with zero attached hydrogens (tertiary/aromatic N) is 2. The summed E-state index contributed by atoms with van der Waals surface area (Å²) in [5.41, 5.74) is 5.90. The summed E-state index contributed by atoms with van der Waals surface area (Å²) in [5.74, 6) is 0.395. The Morgan fingerprint density at radius 1 is 1.30 bits per heavy atom. The van der Waals surface area contributed by atoms with Crippen molar-refractivity contribution in [3.05, 3.63) is 11.1 Å². The summed E-state index contributed by atoms with van der Waals surface area (Å²) in [6, 6.07) is 0.119. The van der Waals surface area contributed by atoms with Gasteiger partial charge in [0.2, 0.25) is 5.91 Å². The minimum atomic E-state index is -0.176.